The molecule has 0 amide bonds. The summed E-state index contributed by atoms with van der Waals surface area (Å²) in [7, 11) is 1.15. The lowest BCUT2D eigenvalue weighted by Crippen LogP contribution is -2.36. The van der Waals surface area contributed by atoms with Crippen LogP contribution in [0.3, 0.4) is 0 Å². The second-order valence-corrected chi connectivity index (χ2v) is 4.02. The van der Waals surface area contributed by atoms with Crippen LogP contribution in [-0.2, 0) is 4.74 Å². The highest BCUT2D eigenvalue weighted by molar-refractivity contribution is 5.10. The molecule has 2 heterocycles. The average Bonchev–Trinajstić information content (AvgIpc) is 2.68. The van der Waals surface area contributed by atoms with Gasteiger partial charge in [0.2, 0.25) is 5.82 Å². The number of aliphatic hydroxyl groups excluding tert-OH is 3. The van der Waals surface area contributed by atoms with Crippen molar-refractivity contribution < 1.29 is 29.2 Å². The first kappa shape index (κ1) is 13.9. The number of halogens is 1. The fraction of sp³-hybridized carbons (Fsp3) is 0.600. The molecule has 9 heteroatoms. The SMILES string of the molecule is COc1nc(=O)n([C@H]2O[C@@H](CO)[C@@H](O)[C@@H]2O)cc1F. The summed E-state index contributed by atoms with van der Waals surface area (Å²) in [5.74, 6) is -1.40. The first-order valence-corrected chi connectivity index (χ1v) is 5.44. The molecule has 1 aliphatic rings. The van der Waals surface area contributed by atoms with E-state index in [1.165, 1.54) is 0 Å². The molecule has 3 N–H and O–H groups in total. The zero-order chi connectivity index (χ0) is 14.2. The van der Waals surface area contributed by atoms with Crippen LogP contribution in [0.25, 0.3) is 0 Å². The van der Waals surface area contributed by atoms with Crippen molar-refractivity contribution in [2.75, 3.05) is 13.7 Å². The van der Waals surface area contributed by atoms with Gasteiger partial charge in [-0.15, -0.1) is 0 Å². The Balaban J connectivity index is 2.38. The molecule has 106 valence electrons. The predicted molar refractivity (Wildman–Crippen MR) is 58.0 cm³/mol. The van der Waals surface area contributed by atoms with Gasteiger partial charge in [0.1, 0.15) is 18.3 Å². The van der Waals surface area contributed by atoms with Crippen molar-refractivity contribution in [2.45, 2.75) is 24.5 Å². The van der Waals surface area contributed by atoms with Crippen LogP contribution in [0.1, 0.15) is 6.23 Å². The van der Waals surface area contributed by atoms with Gasteiger partial charge in [0, 0.05) is 0 Å². The molecule has 0 aromatic carbocycles. The van der Waals surface area contributed by atoms with Crippen molar-refractivity contribution in [1.82, 2.24) is 9.55 Å². The highest BCUT2D eigenvalue weighted by Crippen LogP contribution is 2.28. The molecular weight excluding hydrogens is 263 g/mol. The molecule has 0 radical (unpaired) electrons. The van der Waals surface area contributed by atoms with E-state index in [-0.39, 0.29) is 0 Å². The minimum Gasteiger partial charge on any atom is -0.479 e. The van der Waals surface area contributed by atoms with Gasteiger partial charge in [0.25, 0.3) is 5.88 Å². The van der Waals surface area contributed by atoms with E-state index in [9.17, 15) is 19.4 Å². The van der Waals surface area contributed by atoms with E-state index < -0.39 is 48.5 Å². The molecule has 1 aromatic heterocycles. The second kappa shape index (κ2) is 5.21. The van der Waals surface area contributed by atoms with Crippen LogP contribution in [0.5, 0.6) is 5.88 Å². The number of aliphatic hydroxyl groups is 3. The average molecular weight is 276 g/mol. The topological polar surface area (TPSA) is 114 Å². The normalized spacial score (nSPS) is 30.6. The van der Waals surface area contributed by atoms with Crippen molar-refractivity contribution in [3.05, 3.63) is 22.5 Å². The Morgan fingerprint density at radius 2 is 2.21 bits per heavy atom. The summed E-state index contributed by atoms with van der Waals surface area (Å²) in [4.78, 5) is 15.0. The molecule has 1 aliphatic heterocycles. The zero-order valence-corrected chi connectivity index (χ0v) is 9.93. The van der Waals surface area contributed by atoms with Crippen LogP contribution in [-0.4, -0.2) is 56.9 Å². The van der Waals surface area contributed by atoms with Gasteiger partial charge >= 0.3 is 5.69 Å². The lowest BCUT2D eigenvalue weighted by molar-refractivity contribution is -0.0555. The highest BCUT2D eigenvalue weighted by atomic mass is 19.1. The smallest absolute Gasteiger partial charge is 0.353 e. The Morgan fingerprint density at radius 3 is 2.74 bits per heavy atom. The molecule has 0 unspecified atom stereocenters. The number of ether oxygens (including phenoxy) is 2. The van der Waals surface area contributed by atoms with Gasteiger partial charge in [-0.2, -0.15) is 9.37 Å². The molecule has 1 fully saturated rings. The van der Waals surface area contributed by atoms with Crippen molar-refractivity contribution in [3.8, 4) is 5.88 Å². The lowest BCUT2D eigenvalue weighted by Gasteiger charge is -2.17. The van der Waals surface area contributed by atoms with Crippen LogP contribution in [0.2, 0.25) is 0 Å². The molecule has 1 aromatic rings. The van der Waals surface area contributed by atoms with Crippen molar-refractivity contribution in [1.29, 1.82) is 0 Å². The van der Waals surface area contributed by atoms with Crippen molar-refractivity contribution in [2.24, 2.45) is 0 Å². The van der Waals surface area contributed by atoms with Gasteiger partial charge in [-0.25, -0.2) is 4.79 Å². The summed E-state index contributed by atoms with van der Waals surface area (Å²) < 4.78 is 23.8. The second-order valence-electron chi connectivity index (χ2n) is 4.02. The van der Waals surface area contributed by atoms with Crippen LogP contribution < -0.4 is 10.4 Å². The summed E-state index contributed by atoms with van der Waals surface area (Å²) in [5, 5.41) is 28.2. The summed E-state index contributed by atoms with van der Waals surface area (Å²) in [6.45, 7) is -0.546. The largest absolute Gasteiger partial charge is 0.479 e. The van der Waals surface area contributed by atoms with E-state index in [2.05, 4.69) is 9.72 Å². The van der Waals surface area contributed by atoms with E-state index in [4.69, 9.17) is 9.84 Å². The zero-order valence-electron chi connectivity index (χ0n) is 9.93. The maximum absolute atomic E-state index is 13.5. The van der Waals surface area contributed by atoms with Gasteiger partial charge in [0.05, 0.1) is 19.9 Å². The van der Waals surface area contributed by atoms with E-state index >= 15 is 0 Å². The Labute approximate surface area is 106 Å². The lowest BCUT2D eigenvalue weighted by atomic mass is 10.1. The maximum atomic E-state index is 13.5. The van der Waals surface area contributed by atoms with Crippen LogP contribution in [0, 0.1) is 5.82 Å². The predicted octanol–water partition coefficient (Wildman–Crippen LogP) is -2.00. The van der Waals surface area contributed by atoms with E-state index in [1.807, 2.05) is 0 Å². The fourth-order valence-corrected chi connectivity index (χ4v) is 1.87. The molecular formula is C10H13FN2O6. The van der Waals surface area contributed by atoms with Gasteiger partial charge in [-0.05, 0) is 0 Å². The monoisotopic (exact) mass is 276 g/mol. The third kappa shape index (κ3) is 2.32. The number of nitrogens with zero attached hydrogens (tertiary/aromatic N) is 2. The minimum absolute atomic E-state index is 0.479. The summed E-state index contributed by atoms with van der Waals surface area (Å²) in [6, 6.07) is 0. The third-order valence-corrected chi connectivity index (χ3v) is 2.86. The molecule has 19 heavy (non-hydrogen) atoms. The van der Waals surface area contributed by atoms with E-state index in [1.54, 1.807) is 0 Å². The van der Waals surface area contributed by atoms with Crippen molar-refractivity contribution in [3.63, 3.8) is 0 Å². The number of aromatic nitrogens is 2. The van der Waals surface area contributed by atoms with Gasteiger partial charge in [0.15, 0.2) is 6.23 Å². The molecule has 8 nitrogen and oxygen atoms in total. The number of hydrogen-bond acceptors (Lipinski definition) is 7. The molecule has 0 bridgehead atoms. The standard InChI is InChI=1S/C10H13FN2O6/c1-18-8-4(11)2-13(10(17)12-8)9-7(16)6(15)5(3-14)19-9/h2,5-7,9,14-16H,3H2,1H3/t5-,6+,7-,9-/m0/s1. The summed E-state index contributed by atoms with van der Waals surface area (Å²) in [6.07, 6.45) is -4.49. The first-order chi connectivity index (χ1) is 8.99. The third-order valence-electron chi connectivity index (χ3n) is 2.86. The van der Waals surface area contributed by atoms with E-state index in [0.717, 1.165) is 13.3 Å². The van der Waals surface area contributed by atoms with E-state index in [0.29, 0.717) is 4.57 Å². The molecule has 0 saturated carbocycles. The Morgan fingerprint density at radius 1 is 1.53 bits per heavy atom. The van der Waals surface area contributed by atoms with Gasteiger partial charge in [-0.1, -0.05) is 0 Å². The number of methoxy groups -OCH3 is 1. The molecule has 1 saturated heterocycles. The quantitative estimate of drug-likeness (QED) is 0.585. The van der Waals surface area contributed by atoms with Crippen LogP contribution in [0.4, 0.5) is 4.39 Å². The van der Waals surface area contributed by atoms with Crippen molar-refractivity contribution >= 4 is 0 Å². The molecule has 0 spiro atoms. The highest BCUT2D eigenvalue weighted by Gasteiger charge is 2.44. The minimum atomic E-state index is -1.48. The Kier molecular flexibility index (Phi) is 3.80. The number of rotatable bonds is 3. The summed E-state index contributed by atoms with van der Waals surface area (Å²) >= 11 is 0. The Bertz CT molecular complexity index is 521. The van der Waals surface area contributed by atoms with Gasteiger partial charge < -0.3 is 24.8 Å². The van der Waals surface area contributed by atoms with Gasteiger partial charge in [-0.3, -0.25) is 4.57 Å². The van der Waals surface area contributed by atoms with Crippen LogP contribution >= 0.6 is 0 Å². The molecule has 4 atom stereocenters. The fourth-order valence-electron chi connectivity index (χ4n) is 1.87. The van der Waals surface area contributed by atoms with Crippen LogP contribution in [0.15, 0.2) is 11.0 Å². The molecule has 0 aliphatic carbocycles. The number of hydrogen-bond donors (Lipinski definition) is 3. The Hall–Kier alpha value is -1.55. The first-order valence-electron chi connectivity index (χ1n) is 5.44. The molecule has 2 rings (SSSR count). The maximum Gasteiger partial charge on any atom is 0.353 e. The summed E-state index contributed by atoms with van der Waals surface area (Å²) in [5.41, 5.74) is -0.909.